The summed E-state index contributed by atoms with van der Waals surface area (Å²) in [6.07, 6.45) is 1.02. The van der Waals surface area contributed by atoms with Crippen molar-refractivity contribution in [2.45, 2.75) is 33.3 Å². The van der Waals surface area contributed by atoms with Crippen molar-refractivity contribution in [3.8, 4) is 11.5 Å². The number of hydrogen-bond acceptors (Lipinski definition) is 4. The number of para-hydroxylation sites is 3. The van der Waals surface area contributed by atoms with Gasteiger partial charge >= 0.3 is 0 Å². The molecule has 0 heterocycles. The van der Waals surface area contributed by atoms with E-state index in [0.29, 0.717) is 19.8 Å². The highest BCUT2D eigenvalue weighted by Gasteiger charge is 2.11. The summed E-state index contributed by atoms with van der Waals surface area (Å²) >= 11 is 0. The summed E-state index contributed by atoms with van der Waals surface area (Å²) in [4.78, 5) is 0. The Morgan fingerprint density at radius 3 is 2.36 bits per heavy atom. The summed E-state index contributed by atoms with van der Waals surface area (Å²) in [6, 6.07) is 16.1. The molecule has 0 bridgehead atoms. The SMILES string of the molecule is CCOCCOc1ccccc1NCC(CC)Oc1ccccc1C. The molecular weight excluding hydrogens is 314 g/mol. The average molecular weight is 343 g/mol. The molecule has 136 valence electrons. The van der Waals surface area contributed by atoms with Crippen molar-refractivity contribution in [1.29, 1.82) is 0 Å². The van der Waals surface area contributed by atoms with Crippen LogP contribution in [0.3, 0.4) is 0 Å². The second-order valence-corrected chi connectivity index (χ2v) is 5.84. The van der Waals surface area contributed by atoms with Crippen LogP contribution < -0.4 is 14.8 Å². The van der Waals surface area contributed by atoms with Crippen molar-refractivity contribution in [2.24, 2.45) is 0 Å². The van der Waals surface area contributed by atoms with Gasteiger partial charge in [0.05, 0.1) is 18.8 Å². The van der Waals surface area contributed by atoms with Crippen LogP contribution in [0.25, 0.3) is 0 Å². The molecule has 0 saturated carbocycles. The number of nitrogens with one attached hydrogen (secondary N) is 1. The molecule has 2 rings (SSSR count). The van der Waals surface area contributed by atoms with Crippen molar-refractivity contribution < 1.29 is 14.2 Å². The van der Waals surface area contributed by atoms with Gasteiger partial charge in [0, 0.05) is 6.61 Å². The Morgan fingerprint density at radius 1 is 0.920 bits per heavy atom. The summed E-state index contributed by atoms with van der Waals surface area (Å²) < 4.78 is 17.3. The molecule has 0 aliphatic carbocycles. The maximum absolute atomic E-state index is 6.15. The van der Waals surface area contributed by atoms with Crippen LogP contribution >= 0.6 is 0 Å². The van der Waals surface area contributed by atoms with Gasteiger partial charge in [-0.3, -0.25) is 0 Å². The first-order chi connectivity index (χ1) is 12.2. The van der Waals surface area contributed by atoms with E-state index < -0.39 is 0 Å². The molecule has 0 spiro atoms. The van der Waals surface area contributed by atoms with Crippen molar-refractivity contribution in [1.82, 2.24) is 0 Å². The summed E-state index contributed by atoms with van der Waals surface area (Å²) in [5, 5.41) is 3.45. The normalized spacial score (nSPS) is 11.8. The Bertz CT molecular complexity index is 630. The van der Waals surface area contributed by atoms with E-state index in [4.69, 9.17) is 14.2 Å². The minimum atomic E-state index is 0.0950. The predicted octanol–water partition coefficient (Wildman–Crippen LogP) is 4.68. The zero-order valence-electron chi connectivity index (χ0n) is 15.5. The van der Waals surface area contributed by atoms with Gasteiger partial charge in [-0.25, -0.2) is 0 Å². The second-order valence-electron chi connectivity index (χ2n) is 5.84. The molecule has 0 fully saturated rings. The van der Waals surface area contributed by atoms with Crippen LogP contribution in [-0.4, -0.2) is 32.5 Å². The van der Waals surface area contributed by atoms with Gasteiger partial charge in [0.25, 0.3) is 0 Å². The molecule has 25 heavy (non-hydrogen) atoms. The number of benzene rings is 2. The number of rotatable bonds is 11. The van der Waals surface area contributed by atoms with Crippen molar-refractivity contribution in [3.63, 3.8) is 0 Å². The third kappa shape index (κ3) is 6.31. The molecule has 0 aliphatic heterocycles. The third-order valence-corrected chi connectivity index (χ3v) is 3.94. The zero-order chi connectivity index (χ0) is 17.9. The Hall–Kier alpha value is -2.20. The summed E-state index contributed by atoms with van der Waals surface area (Å²) in [5.74, 6) is 1.78. The summed E-state index contributed by atoms with van der Waals surface area (Å²) in [7, 11) is 0. The van der Waals surface area contributed by atoms with Crippen molar-refractivity contribution in [3.05, 3.63) is 54.1 Å². The van der Waals surface area contributed by atoms with Crippen molar-refractivity contribution in [2.75, 3.05) is 31.7 Å². The second kappa shape index (κ2) is 10.6. The standard InChI is InChI=1S/C21H29NO3/c1-4-18(25-20-12-8-6-10-17(20)3)16-22-19-11-7-9-13-21(19)24-15-14-23-5-2/h6-13,18,22H,4-5,14-16H2,1-3H3. The Morgan fingerprint density at radius 2 is 1.64 bits per heavy atom. The molecule has 1 N–H and O–H groups in total. The largest absolute Gasteiger partial charge is 0.489 e. The molecule has 1 atom stereocenters. The number of aryl methyl sites for hydroxylation is 1. The average Bonchev–Trinajstić information content (AvgIpc) is 2.64. The highest BCUT2D eigenvalue weighted by molar-refractivity contribution is 5.56. The van der Waals surface area contributed by atoms with Gasteiger partial charge in [0.1, 0.15) is 24.2 Å². The lowest BCUT2D eigenvalue weighted by Crippen LogP contribution is -2.26. The van der Waals surface area contributed by atoms with Crippen LogP contribution in [0.15, 0.2) is 48.5 Å². The van der Waals surface area contributed by atoms with E-state index in [2.05, 4.69) is 25.2 Å². The minimum Gasteiger partial charge on any atom is -0.489 e. The van der Waals surface area contributed by atoms with Crippen LogP contribution in [0.2, 0.25) is 0 Å². The van der Waals surface area contributed by atoms with Crippen LogP contribution in [0.4, 0.5) is 5.69 Å². The lowest BCUT2D eigenvalue weighted by Gasteiger charge is -2.21. The van der Waals surface area contributed by atoms with Crippen LogP contribution in [-0.2, 0) is 4.74 Å². The highest BCUT2D eigenvalue weighted by atomic mass is 16.5. The molecule has 0 amide bonds. The van der Waals surface area contributed by atoms with Gasteiger partial charge in [-0.05, 0) is 44.0 Å². The van der Waals surface area contributed by atoms with E-state index >= 15 is 0 Å². The van der Waals surface area contributed by atoms with Gasteiger partial charge in [-0.2, -0.15) is 0 Å². The lowest BCUT2D eigenvalue weighted by molar-refractivity contribution is 0.110. The van der Waals surface area contributed by atoms with E-state index in [1.807, 2.05) is 49.4 Å². The molecular formula is C21H29NO3. The van der Waals surface area contributed by atoms with Gasteiger partial charge in [0.2, 0.25) is 0 Å². The Balaban J connectivity index is 1.91. The first-order valence-corrected chi connectivity index (χ1v) is 9.00. The van der Waals surface area contributed by atoms with E-state index in [9.17, 15) is 0 Å². The van der Waals surface area contributed by atoms with Gasteiger partial charge < -0.3 is 19.5 Å². The topological polar surface area (TPSA) is 39.7 Å². The third-order valence-electron chi connectivity index (χ3n) is 3.94. The fourth-order valence-electron chi connectivity index (χ4n) is 2.45. The summed E-state index contributed by atoms with van der Waals surface area (Å²) in [6.45, 7) is 8.75. The van der Waals surface area contributed by atoms with E-state index in [0.717, 1.165) is 35.7 Å². The molecule has 0 aromatic heterocycles. The maximum atomic E-state index is 6.15. The van der Waals surface area contributed by atoms with E-state index in [1.165, 1.54) is 0 Å². The number of ether oxygens (including phenoxy) is 3. The van der Waals surface area contributed by atoms with Crippen LogP contribution in [0, 0.1) is 6.92 Å². The molecule has 1 unspecified atom stereocenters. The quantitative estimate of drug-likeness (QED) is 0.601. The van der Waals surface area contributed by atoms with E-state index in [1.54, 1.807) is 0 Å². The number of hydrogen-bond donors (Lipinski definition) is 1. The molecule has 0 radical (unpaired) electrons. The molecule has 0 saturated heterocycles. The first-order valence-electron chi connectivity index (χ1n) is 9.00. The molecule has 0 aliphatic rings. The van der Waals surface area contributed by atoms with Crippen LogP contribution in [0.1, 0.15) is 25.8 Å². The highest BCUT2D eigenvalue weighted by Crippen LogP contribution is 2.24. The predicted molar refractivity (Wildman–Crippen MR) is 103 cm³/mol. The van der Waals surface area contributed by atoms with Crippen molar-refractivity contribution >= 4 is 5.69 Å². The van der Waals surface area contributed by atoms with E-state index in [-0.39, 0.29) is 6.10 Å². The molecule has 4 nitrogen and oxygen atoms in total. The molecule has 4 heteroatoms. The van der Waals surface area contributed by atoms with Gasteiger partial charge in [-0.15, -0.1) is 0 Å². The van der Waals surface area contributed by atoms with Gasteiger partial charge in [-0.1, -0.05) is 37.3 Å². The zero-order valence-corrected chi connectivity index (χ0v) is 15.5. The monoisotopic (exact) mass is 343 g/mol. The fraction of sp³-hybridized carbons (Fsp3) is 0.429. The minimum absolute atomic E-state index is 0.0950. The fourth-order valence-corrected chi connectivity index (χ4v) is 2.45. The molecule has 2 aromatic carbocycles. The molecule has 2 aromatic rings. The lowest BCUT2D eigenvalue weighted by atomic mass is 10.2. The number of anilines is 1. The van der Waals surface area contributed by atoms with Gasteiger partial charge in [0.15, 0.2) is 0 Å². The summed E-state index contributed by atoms with van der Waals surface area (Å²) in [5.41, 5.74) is 2.13. The van der Waals surface area contributed by atoms with Crippen LogP contribution in [0.5, 0.6) is 11.5 Å². The maximum Gasteiger partial charge on any atom is 0.142 e. The smallest absolute Gasteiger partial charge is 0.142 e. The first kappa shape index (κ1) is 19.1. The Kier molecular flexibility index (Phi) is 8.13. The Labute approximate surface area is 151 Å².